The van der Waals surface area contributed by atoms with Gasteiger partial charge in [0.15, 0.2) is 0 Å². The summed E-state index contributed by atoms with van der Waals surface area (Å²) in [5, 5.41) is 21.1. The van der Waals surface area contributed by atoms with Crippen molar-refractivity contribution < 1.29 is 33.0 Å². The number of phenolic OH excluding ortho intramolecular Hbond substituents is 1. The smallest absolute Gasteiger partial charge is 0.394 e. The summed E-state index contributed by atoms with van der Waals surface area (Å²) in [5.74, 6) is -2.98. The zero-order chi connectivity index (χ0) is 25.3. The van der Waals surface area contributed by atoms with E-state index in [1.165, 1.54) is 30.3 Å². The maximum absolute atomic E-state index is 12.7. The fourth-order valence-electron chi connectivity index (χ4n) is 3.20. The van der Waals surface area contributed by atoms with Gasteiger partial charge in [-0.25, -0.2) is 17.9 Å². The number of unbranched alkanes of at least 4 members (excludes halogenated alkanes) is 5. The zero-order valence-corrected chi connectivity index (χ0v) is 20.6. The molecule has 9 nitrogen and oxygen atoms in total. The number of amides is 1. The second-order valence-corrected chi connectivity index (χ2v) is 9.90. The summed E-state index contributed by atoms with van der Waals surface area (Å²) in [5.41, 5.74) is 0.627. The summed E-state index contributed by atoms with van der Waals surface area (Å²) in [7, 11) is -3.97. The quantitative estimate of drug-likeness (QED) is 0.236. The van der Waals surface area contributed by atoms with E-state index in [-0.39, 0.29) is 33.6 Å². The molecule has 0 aromatic heterocycles. The first kappa shape index (κ1) is 27.4. The van der Waals surface area contributed by atoms with E-state index < -0.39 is 27.6 Å². The lowest BCUT2D eigenvalue weighted by molar-refractivity contribution is -0.147. The van der Waals surface area contributed by atoms with E-state index in [9.17, 15) is 23.1 Å². The molecule has 34 heavy (non-hydrogen) atoms. The van der Waals surface area contributed by atoms with Crippen LogP contribution >= 0.6 is 11.6 Å². The lowest BCUT2D eigenvalue weighted by Crippen LogP contribution is -2.24. The van der Waals surface area contributed by atoms with Gasteiger partial charge in [0.25, 0.3) is 0 Å². The molecule has 0 aliphatic rings. The number of carboxylic acid groups (broad SMARTS) is 1. The van der Waals surface area contributed by atoms with E-state index in [2.05, 4.69) is 17.0 Å². The van der Waals surface area contributed by atoms with Crippen LogP contribution in [0.1, 0.15) is 51.0 Å². The number of phenols is 1. The van der Waals surface area contributed by atoms with Crippen LogP contribution in [0.15, 0.2) is 35.2 Å². The van der Waals surface area contributed by atoms with Gasteiger partial charge in [-0.15, -0.1) is 0 Å². The molecule has 0 heterocycles. The Kier molecular flexibility index (Phi) is 10.2. The molecular weight excluding hydrogens is 484 g/mol. The molecule has 0 aliphatic carbocycles. The minimum atomic E-state index is -3.97. The molecule has 2 rings (SSSR count). The fraction of sp³-hybridized carbons (Fsp3) is 0.391. The van der Waals surface area contributed by atoms with E-state index in [0.717, 1.165) is 32.1 Å². The number of benzene rings is 2. The average molecular weight is 513 g/mol. The maximum atomic E-state index is 12.7. The van der Waals surface area contributed by atoms with Crippen LogP contribution in [0.2, 0.25) is 5.02 Å². The third kappa shape index (κ3) is 7.89. The van der Waals surface area contributed by atoms with Crippen LogP contribution in [0.5, 0.6) is 17.2 Å². The predicted octanol–water partition coefficient (Wildman–Crippen LogP) is 4.81. The summed E-state index contributed by atoms with van der Waals surface area (Å²) in [6, 6.07) is 6.55. The maximum Gasteiger partial charge on any atom is 0.394 e. The lowest BCUT2D eigenvalue weighted by atomic mass is 10.1. The first-order chi connectivity index (χ1) is 16.0. The Morgan fingerprint density at radius 2 is 1.74 bits per heavy atom. The Morgan fingerprint density at radius 3 is 2.38 bits per heavy atom. The van der Waals surface area contributed by atoms with Gasteiger partial charge in [0.1, 0.15) is 22.1 Å². The van der Waals surface area contributed by atoms with Crippen molar-refractivity contribution in [1.82, 2.24) is 4.72 Å². The van der Waals surface area contributed by atoms with E-state index in [0.29, 0.717) is 12.0 Å². The molecule has 0 saturated carbocycles. The van der Waals surface area contributed by atoms with Crippen molar-refractivity contribution in [2.75, 3.05) is 11.9 Å². The number of aliphatic carboxylic acids is 1. The Morgan fingerprint density at radius 1 is 1.06 bits per heavy atom. The summed E-state index contributed by atoms with van der Waals surface area (Å²) >= 11 is 6.23. The minimum absolute atomic E-state index is 0.0689. The van der Waals surface area contributed by atoms with Gasteiger partial charge in [0.05, 0.1) is 5.02 Å². The van der Waals surface area contributed by atoms with Gasteiger partial charge < -0.3 is 20.3 Å². The van der Waals surface area contributed by atoms with Gasteiger partial charge in [-0.3, -0.25) is 4.79 Å². The van der Waals surface area contributed by atoms with Gasteiger partial charge in [-0.05, 0) is 43.2 Å². The van der Waals surface area contributed by atoms with Crippen molar-refractivity contribution in [3.05, 3.63) is 40.9 Å². The van der Waals surface area contributed by atoms with Crippen molar-refractivity contribution in [3.8, 4) is 17.2 Å². The third-order valence-corrected chi connectivity index (χ3v) is 6.72. The van der Waals surface area contributed by atoms with E-state index >= 15 is 0 Å². The molecule has 11 heteroatoms. The van der Waals surface area contributed by atoms with E-state index in [1.54, 1.807) is 6.92 Å². The summed E-state index contributed by atoms with van der Waals surface area (Å²) in [4.78, 5) is 21.7. The Bertz CT molecular complexity index is 1110. The number of aromatic hydroxyl groups is 1. The highest BCUT2D eigenvalue weighted by atomic mass is 35.5. The number of sulfonamides is 1. The van der Waals surface area contributed by atoms with Crippen molar-refractivity contribution in [1.29, 1.82) is 0 Å². The van der Waals surface area contributed by atoms with Crippen molar-refractivity contribution in [2.45, 2.75) is 57.3 Å². The van der Waals surface area contributed by atoms with Gasteiger partial charge in [0.2, 0.25) is 10.0 Å². The molecule has 0 radical (unpaired) electrons. The van der Waals surface area contributed by atoms with Crippen LogP contribution in [-0.4, -0.2) is 37.1 Å². The van der Waals surface area contributed by atoms with Crippen molar-refractivity contribution in [2.24, 2.45) is 0 Å². The van der Waals surface area contributed by atoms with Crippen LogP contribution in [0.25, 0.3) is 0 Å². The van der Waals surface area contributed by atoms with Crippen LogP contribution in [-0.2, 0) is 19.6 Å². The topological polar surface area (TPSA) is 142 Å². The largest absolute Gasteiger partial charge is 0.507 e. The number of anilines is 1. The molecule has 0 unspecified atom stereocenters. The van der Waals surface area contributed by atoms with Crippen LogP contribution < -0.4 is 14.8 Å². The zero-order valence-electron chi connectivity index (χ0n) is 19.1. The molecule has 0 saturated heterocycles. The van der Waals surface area contributed by atoms with Crippen molar-refractivity contribution >= 4 is 39.2 Å². The second kappa shape index (κ2) is 12.6. The number of hydrogen-bond donors (Lipinski definition) is 4. The lowest BCUT2D eigenvalue weighted by Gasteiger charge is -2.14. The summed E-state index contributed by atoms with van der Waals surface area (Å²) in [6.45, 7) is 4.01. The van der Waals surface area contributed by atoms with Crippen LogP contribution in [0.4, 0.5) is 5.69 Å². The van der Waals surface area contributed by atoms with Crippen LogP contribution in [0, 0.1) is 6.92 Å². The molecule has 0 bridgehead atoms. The van der Waals surface area contributed by atoms with Gasteiger partial charge >= 0.3 is 11.9 Å². The molecule has 0 atom stereocenters. The van der Waals surface area contributed by atoms with Crippen molar-refractivity contribution in [3.63, 3.8) is 0 Å². The number of aryl methyl sites for hydroxylation is 1. The van der Waals surface area contributed by atoms with E-state index in [4.69, 9.17) is 21.4 Å². The number of ether oxygens (including phenoxy) is 1. The third-order valence-electron chi connectivity index (χ3n) is 4.94. The number of nitrogens with one attached hydrogen (secondary N) is 2. The minimum Gasteiger partial charge on any atom is -0.507 e. The normalized spacial score (nSPS) is 11.3. The number of halogens is 1. The Hall–Kier alpha value is -2.82. The SMILES string of the molecule is CCCCCCCCNS(=O)(=O)c1cc(Oc2c(C)cc(NC(=O)C(=O)O)cc2Cl)ccc1O. The number of carbonyl (C=O) groups is 2. The molecule has 0 fully saturated rings. The molecule has 2 aromatic rings. The molecule has 2 aromatic carbocycles. The average Bonchev–Trinajstić information content (AvgIpc) is 2.76. The fourth-order valence-corrected chi connectivity index (χ4v) is 4.69. The highest BCUT2D eigenvalue weighted by Gasteiger charge is 2.20. The van der Waals surface area contributed by atoms with Gasteiger partial charge in [0, 0.05) is 18.3 Å². The monoisotopic (exact) mass is 512 g/mol. The predicted molar refractivity (Wildman–Crippen MR) is 129 cm³/mol. The molecule has 4 N–H and O–H groups in total. The molecule has 186 valence electrons. The second-order valence-electron chi connectivity index (χ2n) is 7.76. The van der Waals surface area contributed by atoms with Gasteiger partial charge in [-0.2, -0.15) is 0 Å². The van der Waals surface area contributed by atoms with E-state index in [1.807, 2.05) is 0 Å². The molecular formula is C23H29ClN2O7S. The molecule has 0 spiro atoms. The number of carboxylic acids is 1. The standard InChI is InChI=1S/C23H29ClN2O7S/c1-3-4-5-6-7-8-11-25-34(31,32)20-14-17(9-10-19(20)27)33-21-15(2)12-16(13-18(21)24)26-22(28)23(29)30/h9-10,12-14,25,27H,3-8,11H2,1-2H3,(H,26,28)(H,29,30). The Labute approximate surface area is 204 Å². The number of carbonyl (C=O) groups excluding carboxylic acids is 1. The molecule has 1 amide bonds. The first-order valence-electron chi connectivity index (χ1n) is 10.9. The summed E-state index contributed by atoms with van der Waals surface area (Å²) < 4.78 is 33.6. The van der Waals surface area contributed by atoms with Crippen LogP contribution in [0.3, 0.4) is 0 Å². The molecule has 0 aliphatic heterocycles. The summed E-state index contributed by atoms with van der Waals surface area (Å²) in [6.07, 6.45) is 6.08. The van der Waals surface area contributed by atoms with Gasteiger partial charge in [-0.1, -0.05) is 50.6 Å². The number of rotatable bonds is 12. The highest BCUT2D eigenvalue weighted by molar-refractivity contribution is 7.89. The first-order valence-corrected chi connectivity index (χ1v) is 12.8. The Balaban J connectivity index is 2.12. The highest BCUT2D eigenvalue weighted by Crippen LogP contribution is 2.37. The number of hydrogen-bond acceptors (Lipinski definition) is 6.